The number of benzene rings is 1. The minimum absolute atomic E-state index is 0.0440. The smallest absolute Gasteiger partial charge is 0.247 e. The Morgan fingerprint density at radius 1 is 1.28 bits per heavy atom. The molecule has 1 aromatic rings. The summed E-state index contributed by atoms with van der Waals surface area (Å²) in [6.07, 6.45) is 4.22. The topological polar surface area (TPSA) is 49.3 Å². The third-order valence-electron chi connectivity index (χ3n) is 3.46. The van der Waals surface area contributed by atoms with Gasteiger partial charge in [0, 0.05) is 11.0 Å². The van der Waals surface area contributed by atoms with Gasteiger partial charge in [-0.1, -0.05) is 43.2 Å². The molecule has 1 fully saturated rings. The summed E-state index contributed by atoms with van der Waals surface area (Å²) in [5.74, 6) is 0.665. The number of carbonyl (C=O) groups is 1. The van der Waals surface area contributed by atoms with Crippen molar-refractivity contribution in [3.8, 4) is 0 Å². The van der Waals surface area contributed by atoms with Crippen molar-refractivity contribution in [1.82, 2.24) is 5.48 Å². The number of nitrogens with one attached hydrogen (secondary N) is 1. The standard InChI is InChI=1S/C14H19NO2S/c16-14(15-17)12-8-4-5-9-13(12)18-10-11-6-2-1-3-7-11/h1-3,6-7,12-13,17H,4-5,8-10H2,(H,15,16). The van der Waals surface area contributed by atoms with Crippen LogP contribution in [-0.4, -0.2) is 16.4 Å². The van der Waals surface area contributed by atoms with E-state index in [-0.39, 0.29) is 11.8 Å². The maximum absolute atomic E-state index is 11.6. The van der Waals surface area contributed by atoms with E-state index in [9.17, 15) is 4.79 Å². The Balaban J connectivity index is 1.91. The lowest BCUT2D eigenvalue weighted by atomic mass is 9.88. The van der Waals surface area contributed by atoms with Gasteiger partial charge in [-0.3, -0.25) is 10.0 Å². The monoisotopic (exact) mass is 265 g/mol. The number of thioether (sulfide) groups is 1. The fourth-order valence-electron chi connectivity index (χ4n) is 2.46. The van der Waals surface area contributed by atoms with Crippen LogP contribution < -0.4 is 5.48 Å². The fraction of sp³-hybridized carbons (Fsp3) is 0.500. The molecule has 0 heterocycles. The normalized spacial score (nSPS) is 23.6. The van der Waals surface area contributed by atoms with Gasteiger partial charge in [-0.15, -0.1) is 0 Å². The number of hydroxylamine groups is 1. The van der Waals surface area contributed by atoms with Gasteiger partial charge in [-0.05, 0) is 18.4 Å². The number of rotatable bonds is 4. The molecule has 0 aromatic heterocycles. The number of hydrogen-bond acceptors (Lipinski definition) is 3. The van der Waals surface area contributed by atoms with Gasteiger partial charge in [-0.25, -0.2) is 5.48 Å². The molecule has 0 bridgehead atoms. The fourth-order valence-corrected chi connectivity index (χ4v) is 3.88. The third kappa shape index (κ3) is 3.50. The Morgan fingerprint density at radius 3 is 2.72 bits per heavy atom. The largest absolute Gasteiger partial charge is 0.289 e. The molecule has 1 aromatic carbocycles. The summed E-state index contributed by atoms with van der Waals surface area (Å²) < 4.78 is 0. The quantitative estimate of drug-likeness (QED) is 0.650. The van der Waals surface area contributed by atoms with Crippen LogP contribution in [0.2, 0.25) is 0 Å². The maximum atomic E-state index is 11.6. The van der Waals surface area contributed by atoms with Crippen LogP contribution in [0, 0.1) is 5.92 Å². The molecule has 2 unspecified atom stereocenters. The van der Waals surface area contributed by atoms with E-state index in [1.807, 2.05) is 35.4 Å². The summed E-state index contributed by atoms with van der Waals surface area (Å²) >= 11 is 1.83. The second kappa shape index (κ2) is 6.81. The number of hydrogen-bond donors (Lipinski definition) is 2. The second-order valence-corrected chi connectivity index (χ2v) is 5.93. The van der Waals surface area contributed by atoms with Gasteiger partial charge >= 0.3 is 0 Å². The zero-order valence-electron chi connectivity index (χ0n) is 10.3. The van der Waals surface area contributed by atoms with Crippen molar-refractivity contribution in [3.05, 3.63) is 35.9 Å². The highest BCUT2D eigenvalue weighted by atomic mass is 32.2. The van der Waals surface area contributed by atoms with E-state index in [1.165, 1.54) is 12.0 Å². The van der Waals surface area contributed by atoms with Crippen molar-refractivity contribution >= 4 is 17.7 Å². The second-order valence-electron chi connectivity index (χ2n) is 4.70. The van der Waals surface area contributed by atoms with E-state index in [0.717, 1.165) is 25.0 Å². The molecule has 3 nitrogen and oxygen atoms in total. The summed E-state index contributed by atoms with van der Waals surface area (Å²) in [6, 6.07) is 10.3. The molecule has 1 aliphatic carbocycles. The molecule has 1 saturated carbocycles. The third-order valence-corrected chi connectivity index (χ3v) is 4.95. The van der Waals surface area contributed by atoms with E-state index in [0.29, 0.717) is 5.25 Å². The zero-order valence-corrected chi connectivity index (χ0v) is 11.2. The summed E-state index contributed by atoms with van der Waals surface area (Å²) in [7, 11) is 0. The molecule has 0 aliphatic heterocycles. The predicted octanol–water partition coefficient (Wildman–Crippen LogP) is 2.98. The van der Waals surface area contributed by atoms with Crippen molar-refractivity contribution in [3.63, 3.8) is 0 Å². The summed E-state index contributed by atoms with van der Waals surface area (Å²) in [5, 5.41) is 9.11. The van der Waals surface area contributed by atoms with Crippen LogP contribution in [0.5, 0.6) is 0 Å². The van der Waals surface area contributed by atoms with Crippen LogP contribution >= 0.6 is 11.8 Å². The highest BCUT2D eigenvalue weighted by molar-refractivity contribution is 7.99. The first-order valence-corrected chi connectivity index (χ1v) is 7.45. The van der Waals surface area contributed by atoms with Gasteiger partial charge in [0.15, 0.2) is 0 Å². The molecule has 1 aliphatic rings. The zero-order chi connectivity index (χ0) is 12.8. The van der Waals surface area contributed by atoms with Crippen LogP contribution in [0.15, 0.2) is 30.3 Å². The molecule has 0 radical (unpaired) electrons. The average molecular weight is 265 g/mol. The van der Waals surface area contributed by atoms with Crippen molar-refractivity contribution in [1.29, 1.82) is 0 Å². The molecule has 2 N–H and O–H groups in total. The first-order chi connectivity index (χ1) is 8.81. The molecular weight excluding hydrogens is 246 g/mol. The van der Waals surface area contributed by atoms with E-state index in [1.54, 1.807) is 0 Å². The first kappa shape index (κ1) is 13.4. The minimum atomic E-state index is -0.222. The van der Waals surface area contributed by atoms with Crippen molar-refractivity contribution < 1.29 is 10.0 Å². The van der Waals surface area contributed by atoms with Gasteiger partial charge < -0.3 is 0 Å². The Hall–Kier alpha value is -1.00. The molecular formula is C14H19NO2S. The van der Waals surface area contributed by atoms with Crippen molar-refractivity contribution in [2.45, 2.75) is 36.7 Å². The molecule has 4 heteroatoms. The van der Waals surface area contributed by atoms with E-state index in [2.05, 4.69) is 12.1 Å². The van der Waals surface area contributed by atoms with Crippen molar-refractivity contribution in [2.75, 3.05) is 0 Å². The highest BCUT2D eigenvalue weighted by Gasteiger charge is 2.30. The molecule has 2 rings (SSSR count). The van der Waals surface area contributed by atoms with Crippen LogP contribution in [-0.2, 0) is 10.5 Å². The maximum Gasteiger partial charge on any atom is 0.247 e. The molecule has 98 valence electrons. The first-order valence-electron chi connectivity index (χ1n) is 6.40. The van der Waals surface area contributed by atoms with Crippen LogP contribution in [0.3, 0.4) is 0 Å². The lowest BCUT2D eigenvalue weighted by Gasteiger charge is -2.29. The van der Waals surface area contributed by atoms with E-state index in [4.69, 9.17) is 5.21 Å². The molecule has 1 amide bonds. The summed E-state index contributed by atoms with van der Waals surface area (Å²) in [5.41, 5.74) is 3.10. The molecule has 18 heavy (non-hydrogen) atoms. The number of amides is 1. The SMILES string of the molecule is O=C(NO)C1CCCCC1SCc1ccccc1. The van der Waals surface area contributed by atoms with E-state index < -0.39 is 0 Å². The molecule has 0 spiro atoms. The van der Waals surface area contributed by atoms with Crippen molar-refractivity contribution in [2.24, 2.45) is 5.92 Å². The van der Waals surface area contributed by atoms with Gasteiger partial charge in [0.05, 0.1) is 5.92 Å². The summed E-state index contributed by atoms with van der Waals surface area (Å²) in [6.45, 7) is 0. The Morgan fingerprint density at radius 2 is 2.00 bits per heavy atom. The van der Waals surface area contributed by atoms with Crippen LogP contribution in [0.4, 0.5) is 0 Å². The van der Waals surface area contributed by atoms with E-state index >= 15 is 0 Å². The van der Waals surface area contributed by atoms with Gasteiger partial charge in [0.25, 0.3) is 0 Å². The Kier molecular flexibility index (Phi) is 5.08. The van der Waals surface area contributed by atoms with Crippen LogP contribution in [0.1, 0.15) is 31.2 Å². The van der Waals surface area contributed by atoms with Gasteiger partial charge in [0.1, 0.15) is 0 Å². The lowest BCUT2D eigenvalue weighted by molar-refractivity contribution is -0.134. The van der Waals surface area contributed by atoms with Crippen LogP contribution in [0.25, 0.3) is 0 Å². The predicted molar refractivity (Wildman–Crippen MR) is 73.4 cm³/mol. The minimum Gasteiger partial charge on any atom is -0.289 e. The Bertz CT molecular complexity index is 383. The lowest BCUT2D eigenvalue weighted by Crippen LogP contribution is -2.36. The number of carbonyl (C=O) groups excluding carboxylic acids is 1. The van der Waals surface area contributed by atoms with Gasteiger partial charge in [-0.2, -0.15) is 11.8 Å². The average Bonchev–Trinajstić information content (AvgIpc) is 2.45. The highest BCUT2D eigenvalue weighted by Crippen LogP contribution is 2.35. The van der Waals surface area contributed by atoms with Gasteiger partial charge in [0.2, 0.25) is 5.91 Å². The molecule has 2 atom stereocenters. The Labute approximate surface area is 112 Å². The molecule has 0 saturated heterocycles. The summed E-state index contributed by atoms with van der Waals surface area (Å²) in [4.78, 5) is 11.6.